The number of carbonyl (C=O) groups excluding carboxylic acids is 1. The van der Waals surface area contributed by atoms with Gasteiger partial charge in [0.25, 0.3) is 15.9 Å². The van der Waals surface area contributed by atoms with Gasteiger partial charge in [0.05, 0.1) is 5.00 Å². The number of nitrogens with one attached hydrogen (secondary N) is 2. The molecule has 0 atom stereocenters. The minimum atomic E-state index is -3.69. The molecule has 2 heterocycles. The topological polar surface area (TPSA) is 75.3 Å². The zero-order chi connectivity index (χ0) is 19.6. The highest BCUT2D eigenvalue weighted by atomic mass is 32.2. The quantitative estimate of drug-likeness (QED) is 0.607. The van der Waals surface area contributed by atoms with Gasteiger partial charge in [-0.2, -0.15) is 0 Å². The van der Waals surface area contributed by atoms with Crippen molar-refractivity contribution in [2.24, 2.45) is 0 Å². The lowest BCUT2D eigenvalue weighted by atomic mass is 10.1. The van der Waals surface area contributed by atoms with Gasteiger partial charge >= 0.3 is 0 Å². The van der Waals surface area contributed by atoms with Crippen molar-refractivity contribution < 1.29 is 13.2 Å². The third kappa shape index (κ3) is 4.24. The van der Waals surface area contributed by atoms with E-state index in [9.17, 15) is 13.2 Å². The first-order valence-corrected chi connectivity index (χ1v) is 12.0. The molecule has 0 saturated carbocycles. The minimum absolute atomic E-state index is 0.147. The molecule has 1 aliphatic rings. The molecule has 8 heteroatoms. The summed E-state index contributed by atoms with van der Waals surface area (Å²) in [5, 5.41) is 3.29. The summed E-state index contributed by atoms with van der Waals surface area (Å²) in [6, 6.07) is 17.5. The van der Waals surface area contributed by atoms with Crippen molar-refractivity contribution >= 4 is 49.7 Å². The fraction of sp³-hybridized carbons (Fsp3) is 0.150. The van der Waals surface area contributed by atoms with Gasteiger partial charge in [-0.1, -0.05) is 18.2 Å². The Morgan fingerprint density at radius 2 is 1.82 bits per heavy atom. The summed E-state index contributed by atoms with van der Waals surface area (Å²) in [6.07, 6.45) is 2.10. The van der Waals surface area contributed by atoms with E-state index in [1.54, 1.807) is 30.3 Å². The Morgan fingerprint density at radius 1 is 1.00 bits per heavy atom. The Bertz CT molecular complexity index is 1110. The van der Waals surface area contributed by atoms with Crippen LogP contribution in [0.15, 0.2) is 69.8 Å². The van der Waals surface area contributed by atoms with Crippen LogP contribution < -0.4 is 10.0 Å². The van der Waals surface area contributed by atoms with E-state index in [0.717, 1.165) is 29.9 Å². The molecule has 144 valence electrons. The smallest absolute Gasteiger partial charge is 0.271 e. The Labute approximate surface area is 172 Å². The van der Waals surface area contributed by atoms with Crippen molar-refractivity contribution in [1.29, 1.82) is 0 Å². The van der Waals surface area contributed by atoms with Gasteiger partial charge in [0.2, 0.25) is 0 Å². The molecular weight excluding hydrogens is 412 g/mol. The van der Waals surface area contributed by atoms with Gasteiger partial charge in [-0.05, 0) is 66.6 Å². The lowest BCUT2D eigenvalue weighted by Gasteiger charge is -2.15. The lowest BCUT2D eigenvalue weighted by molar-refractivity contribution is 0.102. The van der Waals surface area contributed by atoms with Gasteiger partial charge in [-0.3, -0.25) is 9.52 Å². The van der Waals surface area contributed by atoms with Crippen molar-refractivity contribution in [2.75, 3.05) is 15.8 Å². The molecule has 0 saturated heterocycles. The molecule has 2 aromatic carbocycles. The monoisotopic (exact) mass is 430 g/mol. The fourth-order valence-electron chi connectivity index (χ4n) is 2.93. The van der Waals surface area contributed by atoms with Crippen LogP contribution in [0.1, 0.15) is 22.3 Å². The molecule has 0 spiro atoms. The predicted molar refractivity (Wildman–Crippen MR) is 115 cm³/mol. The molecule has 0 fully saturated rings. The molecule has 0 unspecified atom stereocenters. The molecule has 1 aliphatic heterocycles. The zero-order valence-corrected chi connectivity index (χ0v) is 17.3. The van der Waals surface area contributed by atoms with Gasteiger partial charge in [-0.15, -0.1) is 23.1 Å². The number of amides is 1. The van der Waals surface area contributed by atoms with Gasteiger partial charge in [0.1, 0.15) is 4.21 Å². The molecule has 1 amide bonds. The van der Waals surface area contributed by atoms with Crippen LogP contribution in [0.3, 0.4) is 0 Å². The number of hydrogen-bond acceptors (Lipinski definition) is 5. The van der Waals surface area contributed by atoms with Crippen LogP contribution >= 0.6 is 23.1 Å². The molecular formula is C20H18N2O3S3. The van der Waals surface area contributed by atoms with Crippen LogP contribution in [0.25, 0.3) is 0 Å². The maximum atomic E-state index is 12.6. The average molecular weight is 431 g/mol. The Hall–Kier alpha value is -2.29. The minimum Gasteiger partial charge on any atom is -0.314 e. The van der Waals surface area contributed by atoms with E-state index in [1.165, 1.54) is 16.5 Å². The van der Waals surface area contributed by atoms with E-state index in [1.807, 2.05) is 36.0 Å². The molecule has 2 N–H and O–H groups in total. The summed E-state index contributed by atoms with van der Waals surface area (Å²) >= 11 is 2.84. The van der Waals surface area contributed by atoms with Crippen molar-refractivity contribution in [2.45, 2.75) is 21.9 Å². The molecule has 4 rings (SSSR count). The maximum absolute atomic E-state index is 12.6. The van der Waals surface area contributed by atoms with E-state index >= 15 is 0 Å². The maximum Gasteiger partial charge on any atom is 0.271 e. The number of thioether (sulfide) groups is 1. The van der Waals surface area contributed by atoms with Gasteiger partial charge in [-0.25, -0.2) is 8.42 Å². The molecule has 28 heavy (non-hydrogen) atoms. The predicted octanol–water partition coefficient (Wildman–Crippen LogP) is 4.84. The standard InChI is InChI=1S/C20H18N2O3S3/c23-20(15-8-9-17-14(13-15)5-4-12-26-17)21-18-10-11-19(27-18)28(24,25)22-16-6-2-1-3-7-16/h1-3,6-11,13,22H,4-5,12H2,(H,21,23). The number of anilines is 2. The summed E-state index contributed by atoms with van der Waals surface area (Å²) < 4.78 is 27.7. The highest BCUT2D eigenvalue weighted by Gasteiger charge is 2.19. The van der Waals surface area contributed by atoms with Crippen LogP contribution in [-0.4, -0.2) is 20.1 Å². The fourth-order valence-corrected chi connectivity index (χ4v) is 6.21. The van der Waals surface area contributed by atoms with E-state index in [0.29, 0.717) is 16.3 Å². The van der Waals surface area contributed by atoms with E-state index in [4.69, 9.17) is 0 Å². The first-order chi connectivity index (χ1) is 13.5. The van der Waals surface area contributed by atoms with Crippen molar-refractivity contribution in [3.8, 4) is 0 Å². The lowest BCUT2D eigenvalue weighted by Crippen LogP contribution is -2.12. The summed E-state index contributed by atoms with van der Waals surface area (Å²) in [7, 11) is -3.69. The van der Waals surface area contributed by atoms with Crippen molar-refractivity contribution in [3.63, 3.8) is 0 Å². The van der Waals surface area contributed by atoms with E-state index < -0.39 is 10.0 Å². The van der Waals surface area contributed by atoms with Crippen LogP contribution in [0.2, 0.25) is 0 Å². The molecule has 0 radical (unpaired) electrons. The van der Waals surface area contributed by atoms with E-state index in [-0.39, 0.29) is 10.1 Å². The second kappa shape index (κ2) is 7.98. The SMILES string of the molecule is O=C(Nc1ccc(S(=O)(=O)Nc2ccccc2)s1)c1ccc2c(c1)CCCS2. The molecule has 1 aromatic heterocycles. The summed E-state index contributed by atoms with van der Waals surface area (Å²) in [4.78, 5) is 13.8. The second-order valence-electron chi connectivity index (χ2n) is 6.32. The summed E-state index contributed by atoms with van der Waals surface area (Å²) in [5.41, 5.74) is 2.28. The van der Waals surface area contributed by atoms with Crippen LogP contribution in [-0.2, 0) is 16.4 Å². The Balaban J connectivity index is 1.48. The van der Waals surface area contributed by atoms with Crippen LogP contribution in [0.4, 0.5) is 10.7 Å². The summed E-state index contributed by atoms with van der Waals surface area (Å²) in [6.45, 7) is 0. The number of para-hydroxylation sites is 1. The average Bonchev–Trinajstić information content (AvgIpc) is 3.17. The molecule has 0 bridgehead atoms. The zero-order valence-electron chi connectivity index (χ0n) is 14.8. The first-order valence-electron chi connectivity index (χ1n) is 8.76. The number of carbonyl (C=O) groups is 1. The third-order valence-electron chi connectivity index (χ3n) is 4.28. The van der Waals surface area contributed by atoms with Crippen LogP contribution in [0, 0.1) is 0 Å². The number of sulfonamides is 1. The highest BCUT2D eigenvalue weighted by molar-refractivity contribution is 7.99. The highest BCUT2D eigenvalue weighted by Crippen LogP contribution is 2.31. The number of benzene rings is 2. The normalized spacial score (nSPS) is 13.6. The number of thiophene rings is 1. The second-order valence-corrected chi connectivity index (χ2v) is 10.4. The van der Waals surface area contributed by atoms with Crippen molar-refractivity contribution in [1.82, 2.24) is 0 Å². The number of rotatable bonds is 5. The van der Waals surface area contributed by atoms with Crippen molar-refractivity contribution in [3.05, 3.63) is 71.8 Å². The first kappa shape index (κ1) is 19.0. The van der Waals surface area contributed by atoms with Gasteiger partial charge in [0.15, 0.2) is 0 Å². The summed E-state index contributed by atoms with van der Waals surface area (Å²) in [5.74, 6) is 0.877. The van der Waals surface area contributed by atoms with Gasteiger partial charge in [0, 0.05) is 16.1 Å². The third-order valence-corrected chi connectivity index (χ3v) is 8.36. The Morgan fingerprint density at radius 3 is 2.64 bits per heavy atom. The number of aryl methyl sites for hydroxylation is 1. The molecule has 0 aliphatic carbocycles. The Kier molecular flexibility index (Phi) is 5.43. The van der Waals surface area contributed by atoms with Gasteiger partial charge < -0.3 is 5.32 Å². The molecule has 5 nitrogen and oxygen atoms in total. The largest absolute Gasteiger partial charge is 0.314 e. The van der Waals surface area contributed by atoms with Crippen LogP contribution in [0.5, 0.6) is 0 Å². The number of fused-ring (bicyclic) bond motifs is 1. The molecule has 3 aromatic rings. The number of hydrogen-bond donors (Lipinski definition) is 2. The van der Waals surface area contributed by atoms with E-state index in [2.05, 4.69) is 10.0 Å².